The quantitative estimate of drug-likeness (QED) is 0.289. The Morgan fingerprint density at radius 3 is 2.19 bits per heavy atom. The SMILES string of the molecule is CC(C)(COCc1ccc(F)c(Oc2ccccc2)c1)c1ccc(OC(F)(F)Br)cc1. The molecule has 0 saturated carbocycles. The highest BCUT2D eigenvalue weighted by Gasteiger charge is 2.27. The second-order valence-electron chi connectivity index (χ2n) is 7.63. The predicted molar refractivity (Wildman–Crippen MR) is 117 cm³/mol. The number of halogens is 4. The molecule has 0 aliphatic carbocycles. The molecule has 0 atom stereocenters. The summed E-state index contributed by atoms with van der Waals surface area (Å²) < 4.78 is 55.8. The van der Waals surface area contributed by atoms with E-state index in [1.165, 1.54) is 18.2 Å². The topological polar surface area (TPSA) is 27.7 Å². The van der Waals surface area contributed by atoms with Crippen molar-refractivity contribution in [2.75, 3.05) is 6.61 Å². The number of para-hydroxylation sites is 1. The van der Waals surface area contributed by atoms with E-state index in [0.717, 1.165) is 11.1 Å². The minimum Gasteiger partial charge on any atom is -0.454 e. The first-order chi connectivity index (χ1) is 14.6. The highest BCUT2D eigenvalue weighted by atomic mass is 79.9. The molecular weight excluding hydrogens is 473 g/mol. The molecule has 3 aromatic rings. The van der Waals surface area contributed by atoms with Crippen LogP contribution in [0.15, 0.2) is 72.8 Å². The molecular formula is C24H22BrF3O3. The molecule has 0 fully saturated rings. The molecule has 0 unspecified atom stereocenters. The average molecular weight is 495 g/mol. The maximum absolute atomic E-state index is 14.1. The van der Waals surface area contributed by atoms with Gasteiger partial charge in [0.2, 0.25) is 0 Å². The summed E-state index contributed by atoms with van der Waals surface area (Å²) in [6, 6.07) is 20.0. The maximum Gasteiger partial charge on any atom is 0.459 e. The van der Waals surface area contributed by atoms with E-state index in [9.17, 15) is 13.2 Å². The molecule has 0 aliphatic rings. The van der Waals surface area contributed by atoms with Crippen LogP contribution in [-0.2, 0) is 16.8 Å². The van der Waals surface area contributed by atoms with E-state index in [-0.39, 0.29) is 23.5 Å². The zero-order valence-corrected chi connectivity index (χ0v) is 18.7. The number of hydrogen-bond donors (Lipinski definition) is 0. The van der Waals surface area contributed by atoms with Crippen LogP contribution >= 0.6 is 15.9 Å². The fraction of sp³-hybridized carbons (Fsp3) is 0.250. The van der Waals surface area contributed by atoms with Gasteiger partial charge in [0.15, 0.2) is 11.6 Å². The van der Waals surface area contributed by atoms with Gasteiger partial charge in [0, 0.05) is 21.3 Å². The lowest BCUT2D eigenvalue weighted by molar-refractivity contribution is -0.0803. The van der Waals surface area contributed by atoms with Crippen LogP contribution in [-0.4, -0.2) is 11.6 Å². The van der Waals surface area contributed by atoms with Crippen LogP contribution in [0.3, 0.4) is 0 Å². The maximum atomic E-state index is 14.1. The number of rotatable bonds is 9. The van der Waals surface area contributed by atoms with Crippen molar-refractivity contribution in [2.24, 2.45) is 0 Å². The van der Waals surface area contributed by atoms with E-state index < -0.39 is 10.8 Å². The largest absolute Gasteiger partial charge is 0.459 e. The summed E-state index contributed by atoms with van der Waals surface area (Å²) in [5.74, 6) is 0.278. The van der Waals surface area contributed by atoms with E-state index in [2.05, 4.69) is 20.7 Å². The van der Waals surface area contributed by atoms with Gasteiger partial charge in [-0.25, -0.2) is 4.39 Å². The van der Waals surface area contributed by atoms with E-state index in [0.29, 0.717) is 12.4 Å². The van der Waals surface area contributed by atoms with Crippen molar-refractivity contribution in [2.45, 2.75) is 30.9 Å². The summed E-state index contributed by atoms with van der Waals surface area (Å²) >= 11 is 2.15. The molecule has 0 saturated heterocycles. The van der Waals surface area contributed by atoms with Crippen molar-refractivity contribution >= 4 is 15.9 Å². The molecule has 0 aromatic heterocycles. The Morgan fingerprint density at radius 1 is 0.871 bits per heavy atom. The van der Waals surface area contributed by atoms with Crippen molar-refractivity contribution in [1.29, 1.82) is 0 Å². The van der Waals surface area contributed by atoms with E-state index >= 15 is 0 Å². The molecule has 0 N–H and O–H groups in total. The van der Waals surface area contributed by atoms with Crippen LogP contribution in [0, 0.1) is 5.82 Å². The number of hydrogen-bond acceptors (Lipinski definition) is 3. The molecule has 31 heavy (non-hydrogen) atoms. The third kappa shape index (κ3) is 7.01. The fourth-order valence-electron chi connectivity index (χ4n) is 2.95. The van der Waals surface area contributed by atoms with E-state index in [1.54, 1.807) is 36.4 Å². The van der Waals surface area contributed by atoms with Crippen LogP contribution < -0.4 is 9.47 Å². The van der Waals surface area contributed by atoms with Gasteiger partial charge in [0.25, 0.3) is 0 Å². The van der Waals surface area contributed by atoms with Gasteiger partial charge in [-0.3, -0.25) is 0 Å². The highest BCUT2D eigenvalue weighted by molar-refractivity contribution is 9.09. The summed E-state index contributed by atoms with van der Waals surface area (Å²) in [5, 5.41) is -3.41. The minimum absolute atomic E-state index is 0.0552. The smallest absolute Gasteiger partial charge is 0.454 e. The first-order valence-corrected chi connectivity index (χ1v) is 10.4. The van der Waals surface area contributed by atoms with Gasteiger partial charge in [0.1, 0.15) is 11.5 Å². The van der Waals surface area contributed by atoms with Crippen molar-refractivity contribution < 1.29 is 27.4 Å². The van der Waals surface area contributed by atoms with Gasteiger partial charge in [-0.2, -0.15) is 8.78 Å². The Balaban J connectivity index is 1.59. The van der Waals surface area contributed by atoms with Gasteiger partial charge in [-0.05, 0) is 47.5 Å². The molecule has 3 aromatic carbocycles. The highest BCUT2D eigenvalue weighted by Crippen LogP contribution is 2.30. The molecule has 0 aliphatic heterocycles. The second-order valence-corrected chi connectivity index (χ2v) is 8.55. The average Bonchev–Trinajstić information content (AvgIpc) is 2.70. The molecule has 0 spiro atoms. The van der Waals surface area contributed by atoms with Crippen LogP contribution in [0.5, 0.6) is 17.2 Å². The Morgan fingerprint density at radius 2 is 1.55 bits per heavy atom. The van der Waals surface area contributed by atoms with Gasteiger partial charge in [0.05, 0.1) is 13.2 Å². The summed E-state index contributed by atoms with van der Waals surface area (Å²) in [6.45, 7) is 4.60. The molecule has 3 rings (SSSR count). The van der Waals surface area contributed by atoms with E-state index in [1.807, 2.05) is 32.0 Å². The molecule has 0 heterocycles. The first kappa shape index (κ1) is 23.2. The van der Waals surface area contributed by atoms with Crippen molar-refractivity contribution in [1.82, 2.24) is 0 Å². The van der Waals surface area contributed by atoms with Crippen molar-refractivity contribution in [3.8, 4) is 17.2 Å². The van der Waals surface area contributed by atoms with Gasteiger partial charge >= 0.3 is 5.02 Å². The number of ether oxygens (including phenoxy) is 3. The summed E-state index contributed by atoms with van der Waals surface area (Å²) in [5.41, 5.74) is 1.30. The summed E-state index contributed by atoms with van der Waals surface area (Å²) in [4.78, 5) is 0. The lowest BCUT2D eigenvalue weighted by Crippen LogP contribution is -2.24. The van der Waals surface area contributed by atoms with Crippen LogP contribution in [0.25, 0.3) is 0 Å². The molecule has 164 valence electrons. The second kappa shape index (κ2) is 9.75. The van der Waals surface area contributed by atoms with Crippen LogP contribution in [0.4, 0.5) is 13.2 Å². The van der Waals surface area contributed by atoms with Gasteiger partial charge < -0.3 is 14.2 Å². The third-order valence-corrected chi connectivity index (χ3v) is 4.73. The zero-order valence-electron chi connectivity index (χ0n) is 17.1. The van der Waals surface area contributed by atoms with Crippen LogP contribution in [0.2, 0.25) is 0 Å². The lowest BCUT2D eigenvalue weighted by atomic mass is 9.85. The minimum atomic E-state index is -3.41. The molecule has 0 amide bonds. The Labute approximate surface area is 187 Å². The summed E-state index contributed by atoms with van der Waals surface area (Å²) in [7, 11) is 0. The lowest BCUT2D eigenvalue weighted by Gasteiger charge is -2.25. The van der Waals surface area contributed by atoms with E-state index in [4.69, 9.17) is 9.47 Å². The van der Waals surface area contributed by atoms with Gasteiger partial charge in [-0.15, -0.1) is 0 Å². The normalized spacial score (nSPS) is 11.9. The fourth-order valence-corrected chi connectivity index (χ4v) is 3.13. The van der Waals surface area contributed by atoms with Crippen LogP contribution in [0.1, 0.15) is 25.0 Å². The number of alkyl halides is 3. The Hall–Kier alpha value is -2.51. The zero-order chi connectivity index (χ0) is 22.5. The van der Waals surface area contributed by atoms with Crippen molar-refractivity contribution in [3.05, 3.63) is 89.7 Å². The number of benzene rings is 3. The molecule has 0 radical (unpaired) electrons. The molecule has 3 nitrogen and oxygen atoms in total. The molecule has 0 bridgehead atoms. The van der Waals surface area contributed by atoms with Gasteiger partial charge in [-0.1, -0.05) is 50.2 Å². The predicted octanol–water partition coefficient (Wildman–Crippen LogP) is 7.44. The summed E-state index contributed by atoms with van der Waals surface area (Å²) in [6.07, 6.45) is 0. The standard InChI is InChI=1S/C24H22BrF3O3/c1-23(2,18-9-11-20(12-10-18)31-24(25,27)28)16-29-15-17-8-13-21(26)22(14-17)30-19-6-4-3-5-7-19/h3-14H,15-16H2,1-2H3. The van der Waals surface area contributed by atoms with Crippen molar-refractivity contribution in [3.63, 3.8) is 0 Å². The Kier molecular flexibility index (Phi) is 7.28. The third-order valence-electron chi connectivity index (χ3n) is 4.57. The Bertz CT molecular complexity index is 987. The monoisotopic (exact) mass is 494 g/mol. The molecule has 7 heteroatoms. The first-order valence-electron chi connectivity index (χ1n) is 9.58.